The third-order valence-corrected chi connectivity index (χ3v) is 3.89. The van der Waals surface area contributed by atoms with Gasteiger partial charge in [0.2, 0.25) is 11.7 Å². The highest BCUT2D eigenvalue weighted by Gasteiger charge is 2.42. The molecule has 0 aromatic carbocycles. The van der Waals surface area contributed by atoms with Crippen LogP contribution in [0.2, 0.25) is 0 Å². The van der Waals surface area contributed by atoms with Crippen molar-refractivity contribution in [2.45, 2.75) is 64.0 Å². The molecule has 1 aromatic heterocycles. The summed E-state index contributed by atoms with van der Waals surface area (Å²) in [7, 11) is 0. The lowest BCUT2D eigenvalue weighted by Gasteiger charge is -2.25. The molecule has 0 amide bonds. The highest BCUT2D eigenvalue weighted by molar-refractivity contribution is 5.08. The molecule has 1 aromatic rings. The van der Waals surface area contributed by atoms with Gasteiger partial charge in [0.25, 0.3) is 0 Å². The SMILES string of the molecule is CCOC1(c2noc(C(C)(N)CC)n2)CCCC1. The van der Waals surface area contributed by atoms with Crippen molar-refractivity contribution in [1.82, 2.24) is 10.1 Å². The molecule has 5 heteroatoms. The fourth-order valence-electron chi connectivity index (χ4n) is 2.45. The summed E-state index contributed by atoms with van der Waals surface area (Å²) >= 11 is 0. The minimum absolute atomic E-state index is 0.347. The molecule has 0 aliphatic heterocycles. The zero-order valence-electron chi connectivity index (χ0n) is 11.5. The molecular formula is C13H23N3O2. The molecule has 2 N–H and O–H groups in total. The summed E-state index contributed by atoms with van der Waals surface area (Å²) in [6, 6.07) is 0. The van der Waals surface area contributed by atoms with Crippen LogP contribution in [0.3, 0.4) is 0 Å². The molecule has 1 atom stereocenters. The van der Waals surface area contributed by atoms with Crippen molar-refractivity contribution in [3.63, 3.8) is 0 Å². The van der Waals surface area contributed by atoms with E-state index in [1.807, 2.05) is 20.8 Å². The van der Waals surface area contributed by atoms with Crippen molar-refractivity contribution >= 4 is 0 Å². The van der Waals surface area contributed by atoms with E-state index in [0.29, 0.717) is 18.3 Å². The third-order valence-electron chi connectivity index (χ3n) is 3.89. The molecule has 5 nitrogen and oxygen atoms in total. The van der Waals surface area contributed by atoms with Crippen LogP contribution in [-0.2, 0) is 15.9 Å². The fraction of sp³-hybridized carbons (Fsp3) is 0.846. The number of nitrogens with two attached hydrogens (primary N) is 1. The van der Waals surface area contributed by atoms with Gasteiger partial charge in [0, 0.05) is 6.61 Å². The van der Waals surface area contributed by atoms with Crippen molar-refractivity contribution in [1.29, 1.82) is 0 Å². The molecule has 1 heterocycles. The van der Waals surface area contributed by atoms with Crippen LogP contribution in [0, 0.1) is 0 Å². The maximum atomic E-state index is 6.13. The summed E-state index contributed by atoms with van der Waals surface area (Å²) in [6.07, 6.45) is 4.99. The average molecular weight is 253 g/mol. The molecule has 1 saturated carbocycles. The van der Waals surface area contributed by atoms with Crippen LogP contribution >= 0.6 is 0 Å². The van der Waals surface area contributed by atoms with Crippen molar-refractivity contribution in [2.75, 3.05) is 6.61 Å². The fourth-order valence-corrected chi connectivity index (χ4v) is 2.45. The Balaban J connectivity index is 2.28. The van der Waals surface area contributed by atoms with Crippen LogP contribution in [0.4, 0.5) is 0 Å². The number of rotatable bonds is 5. The van der Waals surface area contributed by atoms with Crippen molar-refractivity contribution in [3.8, 4) is 0 Å². The molecule has 0 radical (unpaired) electrons. The van der Waals surface area contributed by atoms with E-state index < -0.39 is 5.54 Å². The van der Waals surface area contributed by atoms with E-state index in [1.165, 1.54) is 0 Å². The van der Waals surface area contributed by atoms with Gasteiger partial charge in [0.05, 0.1) is 5.54 Å². The second-order valence-corrected chi connectivity index (χ2v) is 5.33. The van der Waals surface area contributed by atoms with Gasteiger partial charge in [-0.15, -0.1) is 0 Å². The summed E-state index contributed by atoms with van der Waals surface area (Å²) < 4.78 is 11.2. The van der Waals surface area contributed by atoms with E-state index in [4.69, 9.17) is 15.0 Å². The zero-order valence-corrected chi connectivity index (χ0v) is 11.5. The van der Waals surface area contributed by atoms with E-state index in [-0.39, 0.29) is 5.60 Å². The summed E-state index contributed by atoms with van der Waals surface area (Å²) in [5, 5.41) is 4.11. The third kappa shape index (κ3) is 2.29. The minimum Gasteiger partial charge on any atom is -0.367 e. The molecule has 1 aliphatic rings. The predicted molar refractivity (Wildman–Crippen MR) is 67.9 cm³/mol. The number of nitrogens with zero attached hydrogens (tertiary/aromatic N) is 2. The standard InChI is InChI=1S/C13H23N3O2/c1-4-12(3,14)11-15-10(16-18-11)13(17-5-2)8-6-7-9-13/h4-9,14H2,1-3H3. The van der Waals surface area contributed by atoms with Crippen molar-refractivity contribution in [2.24, 2.45) is 5.73 Å². The topological polar surface area (TPSA) is 74.2 Å². The van der Waals surface area contributed by atoms with Crippen LogP contribution in [0.5, 0.6) is 0 Å². The Labute approximate surface area is 108 Å². The summed E-state index contributed by atoms with van der Waals surface area (Å²) in [5.74, 6) is 1.17. The number of hydrogen-bond acceptors (Lipinski definition) is 5. The normalized spacial score (nSPS) is 22.0. The Morgan fingerprint density at radius 2 is 2.06 bits per heavy atom. The lowest BCUT2D eigenvalue weighted by molar-refractivity contribution is -0.0469. The van der Waals surface area contributed by atoms with Gasteiger partial charge in [-0.25, -0.2) is 0 Å². The lowest BCUT2D eigenvalue weighted by Crippen LogP contribution is -2.33. The molecule has 1 unspecified atom stereocenters. The van der Waals surface area contributed by atoms with E-state index in [1.54, 1.807) is 0 Å². The van der Waals surface area contributed by atoms with Gasteiger partial charge in [0.15, 0.2) is 0 Å². The van der Waals surface area contributed by atoms with Crippen LogP contribution in [0.15, 0.2) is 4.52 Å². The van der Waals surface area contributed by atoms with Crippen molar-refractivity contribution < 1.29 is 9.26 Å². The molecule has 1 aliphatic carbocycles. The zero-order chi connectivity index (χ0) is 13.2. The molecular weight excluding hydrogens is 230 g/mol. The Morgan fingerprint density at radius 1 is 1.39 bits per heavy atom. The molecule has 0 bridgehead atoms. The first-order chi connectivity index (χ1) is 8.54. The Kier molecular flexibility index (Phi) is 3.73. The van der Waals surface area contributed by atoms with Gasteiger partial charge < -0.3 is 15.0 Å². The van der Waals surface area contributed by atoms with Crippen LogP contribution in [0.25, 0.3) is 0 Å². The number of hydrogen-bond donors (Lipinski definition) is 1. The quantitative estimate of drug-likeness (QED) is 0.872. The smallest absolute Gasteiger partial charge is 0.246 e. The summed E-state index contributed by atoms with van der Waals surface area (Å²) in [5.41, 5.74) is 5.22. The molecule has 102 valence electrons. The highest BCUT2D eigenvalue weighted by atomic mass is 16.5. The maximum absolute atomic E-state index is 6.13. The monoisotopic (exact) mass is 253 g/mol. The van der Waals surface area contributed by atoms with E-state index in [0.717, 1.165) is 32.1 Å². The Hall–Kier alpha value is -0.940. The van der Waals surface area contributed by atoms with E-state index >= 15 is 0 Å². The second kappa shape index (κ2) is 4.97. The molecule has 1 fully saturated rings. The minimum atomic E-state index is -0.558. The lowest BCUT2D eigenvalue weighted by atomic mass is 9.99. The second-order valence-electron chi connectivity index (χ2n) is 5.33. The first kappa shape index (κ1) is 13.5. The Bertz CT molecular complexity index is 395. The van der Waals surface area contributed by atoms with Crippen LogP contribution < -0.4 is 5.73 Å². The predicted octanol–water partition coefficient (Wildman–Crippen LogP) is 2.46. The van der Waals surface area contributed by atoms with Gasteiger partial charge in [-0.05, 0) is 46.0 Å². The number of ether oxygens (including phenoxy) is 1. The first-order valence-corrected chi connectivity index (χ1v) is 6.81. The maximum Gasteiger partial charge on any atom is 0.246 e. The van der Waals surface area contributed by atoms with Crippen molar-refractivity contribution in [3.05, 3.63) is 11.7 Å². The van der Waals surface area contributed by atoms with Gasteiger partial charge in [-0.1, -0.05) is 12.1 Å². The van der Waals surface area contributed by atoms with Gasteiger partial charge >= 0.3 is 0 Å². The van der Waals surface area contributed by atoms with E-state index in [2.05, 4.69) is 10.1 Å². The highest BCUT2D eigenvalue weighted by Crippen LogP contribution is 2.41. The average Bonchev–Trinajstić information content (AvgIpc) is 2.98. The van der Waals surface area contributed by atoms with E-state index in [9.17, 15) is 0 Å². The van der Waals surface area contributed by atoms with Crippen LogP contribution in [0.1, 0.15) is 64.6 Å². The summed E-state index contributed by atoms with van der Waals surface area (Å²) in [6.45, 7) is 6.59. The van der Waals surface area contributed by atoms with Gasteiger partial charge in [-0.2, -0.15) is 4.98 Å². The van der Waals surface area contributed by atoms with Gasteiger partial charge in [0.1, 0.15) is 5.60 Å². The molecule has 18 heavy (non-hydrogen) atoms. The summed E-state index contributed by atoms with van der Waals surface area (Å²) in [4.78, 5) is 4.50. The largest absolute Gasteiger partial charge is 0.367 e. The van der Waals surface area contributed by atoms with Gasteiger partial charge in [-0.3, -0.25) is 0 Å². The molecule has 2 rings (SSSR count). The first-order valence-electron chi connectivity index (χ1n) is 6.81. The molecule has 0 spiro atoms. The molecule has 0 saturated heterocycles. The number of aromatic nitrogens is 2. The van der Waals surface area contributed by atoms with Crippen LogP contribution in [-0.4, -0.2) is 16.7 Å². The Morgan fingerprint density at radius 3 is 2.61 bits per heavy atom.